The average molecular weight is 1260 g/mol. The maximum atomic E-state index is 4.78. The molecular formula is C96H80N2. The summed E-state index contributed by atoms with van der Waals surface area (Å²) >= 11 is 0. The molecule has 3 aliphatic rings. The highest BCUT2D eigenvalue weighted by atomic mass is 15.1. The predicted octanol–water partition coefficient (Wildman–Crippen LogP) is 26.3. The van der Waals surface area contributed by atoms with Crippen LogP contribution in [0.5, 0.6) is 0 Å². The summed E-state index contributed by atoms with van der Waals surface area (Å²) < 4.78 is 0. The van der Waals surface area contributed by atoms with Gasteiger partial charge in [-0.1, -0.05) is 290 Å². The number of benzene rings is 13. The highest BCUT2D eigenvalue weighted by Gasteiger charge is 2.38. The van der Waals surface area contributed by atoms with Crippen LogP contribution in [0.3, 0.4) is 0 Å². The van der Waals surface area contributed by atoms with Gasteiger partial charge < -0.3 is 9.80 Å². The molecule has 3 aliphatic carbocycles. The topological polar surface area (TPSA) is 6.48 Å². The Hall–Kier alpha value is -11.3. The molecular weight excluding hydrogens is 1180 g/mol. The van der Waals surface area contributed by atoms with Crippen LogP contribution >= 0.6 is 0 Å². The van der Waals surface area contributed by atoms with Crippen molar-refractivity contribution in [2.24, 2.45) is 0 Å². The van der Waals surface area contributed by atoms with Crippen molar-refractivity contribution in [1.82, 2.24) is 0 Å². The Morgan fingerprint density at radius 1 is 0.316 bits per heavy atom. The lowest BCUT2D eigenvalue weighted by Crippen LogP contribution is -2.21. The highest BCUT2D eigenvalue weighted by molar-refractivity contribution is 5.92. The molecule has 0 heterocycles. The molecule has 0 radical (unpaired) electrons. The number of fused-ring (bicyclic) bond motifs is 9. The van der Waals surface area contributed by atoms with Gasteiger partial charge >= 0.3 is 0 Å². The molecule has 0 fully saturated rings. The summed E-state index contributed by atoms with van der Waals surface area (Å²) in [6.45, 7) is 23.3. The monoisotopic (exact) mass is 1260 g/mol. The van der Waals surface area contributed by atoms with Crippen molar-refractivity contribution in [3.8, 4) is 44.5 Å². The average Bonchev–Trinajstić information content (AvgIpc) is 1.58. The van der Waals surface area contributed by atoms with Crippen LogP contribution in [0.15, 0.2) is 315 Å². The van der Waals surface area contributed by atoms with Gasteiger partial charge in [0.05, 0.1) is 0 Å². The van der Waals surface area contributed by atoms with E-state index >= 15 is 0 Å². The van der Waals surface area contributed by atoms with Crippen molar-refractivity contribution in [2.45, 2.75) is 78.1 Å². The zero-order valence-electron chi connectivity index (χ0n) is 57.3. The second kappa shape index (κ2) is 24.4. The van der Waals surface area contributed by atoms with Crippen LogP contribution in [-0.2, 0) is 22.7 Å². The number of aryl methyl sites for hydroxylation is 2. The second-order valence-corrected chi connectivity index (χ2v) is 28.9. The fourth-order valence-electron chi connectivity index (χ4n) is 15.5. The number of anilines is 6. The number of hydrogen-bond donors (Lipinski definition) is 0. The smallest absolute Gasteiger partial charge is 0.0465 e. The van der Waals surface area contributed by atoms with Crippen molar-refractivity contribution < 1.29 is 0 Å². The molecule has 0 amide bonds. The van der Waals surface area contributed by atoms with Gasteiger partial charge in [0.15, 0.2) is 0 Å². The van der Waals surface area contributed by atoms with E-state index in [1.807, 2.05) is 0 Å². The van der Waals surface area contributed by atoms with Gasteiger partial charge in [0.2, 0.25) is 0 Å². The fraction of sp³-hybridized carbons (Fsp3) is 0.125. The second-order valence-electron chi connectivity index (χ2n) is 28.9. The van der Waals surface area contributed by atoms with Crippen molar-refractivity contribution in [3.05, 3.63) is 376 Å². The summed E-state index contributed by atoms with van der Waals surface area (Å²) in [7, 11) is 0. The van der Waals surface area contributed by atoms with Gasteiger partial charge in [0.25, 0.3) is 0 Å². The zero-order valence-corrected chi connectivity index (χ0v) is 57.3. The third-order valence-electron chi connectivity index (χ3n) is 21.4. The van der Waals surface area contributed by atoms with E-state index in [4.69, 9.17) is 6.58 Å². The number of nitrogens with zero attached hydrogens (tertiary/aromatic N) is 2. The van der Waals surface area contributed by atoms with Crippen LogP contribution in [-0.4, -0.2) is 0 Å². The molecule has 16 rings (SSSR count). The molecule has 0 bridgehead atoms. The first kappa shape index (κ1) is 61.5. The Labute approximate surface area is 578 Å². The Morgan fingerprint density at radius 3 is 1.12 bits per heavy atom. The van der Waals surface area contributed by atoms with E-state index < -0.39 is 0 Å². The predicted molar refractivity (Wildman–Crippen MR) is 420 cm³/mol. The molecule has 0 unspecified atom stereocenters. The van der Waals surface area contributed by atoms with Gasteiger partial charge in [-0.15, -0.1) is 0 Å². The van der Waals surface area contributed by atoms with Crippen molar-refractivity contribution in [1.29, 1.82) is 0 Å². The minimum Gasteiger partial charge on any atom is -0.310 e. The standard InChI is InChI=1S/C96H80N2/c1-63-21-41-79(42-22-63)97(81-45-37-72(38-46-81)77-35-33-70-16-10-12-18-75(70)59-77)83-49-53-87-85-51-30-68(57-90(85)95(6,7)92(87)61-83)26-25-66-15-14-20-74-32-29-67(56-89(74)94(4,5)65(3)55-66)27-28-69-31-52-86-88-54-50-84(62-93(88)96(8,9)91(86)58-69)98(80-43-23-64(2)24-44-80)82-47-39-73(40-48-82)78-36-34-71-17-11-13-19-76(71)60-78/h10-19,21-62H,3,20H2,1-2,4-9H3/b15-14-,26-25+,28-27+,66-55+. The van der Waals surface area contributed by atoms with E-state index in [1.165, 1.54) is 127 Å². The maximum absolute atomic E-state index is 4.78. The Morgan fingerprint density at radius 2 is 0.673 bits per heavy atom. The summed E-state index contributed by atoms with van der Waals surface area (Å²) in [5, 5.41) is 5.01. The van der Waals surface area contributed by atoms with E-state index in [0.717, 1.165) is 51.7 Å². The molecule has 98 heavy (non-hydrogen) atoms. The number of hydrogen-bond acceptors (Lipinski definition) is 2. The van der Waals surface area contributed by atoms with E-state index in [1.54, 1.807) is 0 Å². The molecule has 2 heteroatoms. The molecule has 0 spiro atoms. The van der Waals surface area contributed by atoms with Gasteiger partial charge in [-0.05, 0) is 232 Å². The molecule has 474 valence electrons. The van der Waals surface area contributed by atoms with Gasteiger partial charge in [0.1, 0.15) is 0 Å². The summed E-state index contributed by atoms with van der Waals surface area (Å²) in [5.74, 6) is 0. The summed E-state index contributed by atoms with van der Waals surface area (Å²) in [6.07, 6.45) is 16.8. The molecule has 0 atom stereocenters. The van der Waals surface area contributed by atoms with E-state index in [0.29, 0.717) is 0 Å². The first-order valence-electron chi connectivity index (χ1n) is 34.6. The summed E-state index contributed by atoms with van der Waals surface area (Å²) in [5.41, 5.74) is 32.3. The van der Waals surface area contributed by atoms with Crippen molar-refractivity contribution in [3.63, 3.8) is 0 Å². The first-order valence-corrected chi connectivity index (χ1v) is 34.6. The highest BCUT2D eigenvalue weighted by Crippen LogP contribution is 2.53. The maximum Gasteiger partial charge on any atom is 0.0465 e. The molecule has 0 saturated carbocycles. The molecule has 2 nitrogen and oxygen atoms in total. The van der Waals surface area contributed by atoms with Gasteiger partial charge in [0, 0.05) is 50.4 Å². The third-order valence-corrected chi connectivity index (χ3v) is 21.4. The van der Waals surface area contributed by atoms with Crippen molar-refractivity contribution in [2.75, 3.05) is 9.80 Å². The summed E-state index contributed by atoms with van der Waals surface area (Å²) in [4.78, 5) is 4.80. The van der Waals surface area contributed by atoms with E-state index in [2.05, 4.69) is 381 Å². The quantitative estimate of drug-likeness (QED) is 0.113. The lowest BCUT2D eigenvalue weighted by atomic mass is 9.75. The lowest BCUT2D eigenvalue weighted by molar-refractivity contribution is 0.634. The largest absolute Gasteiger partial charge is 0.310 e. The Kier molecular flexibility index (Phi) is 15.3. The number of allylic oxidation sites excluding steroid dienone is 6. The Balaban J connectivity index is 0.621. The van der Waals surface area contributed by atoms with Gasteiger partial charge in [-0.3, -0.25) is 0 Å². The molecule has 13 aromatic rings. The molecule has 0 saturated heterocycles. The van der Waals surface area contributed by atoms with Crippen LogP contribution in [0.2, 0.25) is 0 Å². The first-order chi connectivity index (χ1) is 47.5. The van der Waals surface area contributed by atoms with Crippen LogP contribution in [0.25, 0.3) is 84.3 Å². The lowest BCUT2D eigenvalue weighted by Gasteiger charge is -2.29. The molecule has 0 N–H and O–H groups in total. The minimum atomic E-state index is -0.318. The molecule has 0 aromatic heterocycles. The van der Waals surface area contributed by atoms with E-state index in [9.17, 15) is 0 Å². The van der Waals surface area contributed by atoms with E-state index in [-0.39, 0.29) is 16.2 Å². The van der Waals surface area contributed by atoms with Crippen LogP contribution in [0, 0.1) is 13.8 Å². The normalized spacial score (nSPS) is 15.6. The van der Waals surface area contributed by atoms with Gasteiger partial charge in [-0.25, -0.2) is 0 Å². The molecule has 13 aromatic carbocycles. The molecule has 0 aliphatic heterocycles. The zero-order chi connectivity index (χ0) is 67.0. The number of rotatable bonds is 12. The van der Waals surface area contributed by atoms with Crippen LogP contribution in [0.4, 0.5) is 34.1 Å². The van der Waals surface area contributed by atoms with Gasteiger partial charge in [-0.2, -0.15) is 0 Å². The fourth-order valence-corrected chi connectivity index (χ4v) is 15.5. The SMILES string of the molecule is C=C1/C=C(/C=C/c2ccc3c(c2)C(C)(C)c2cc(N(c4ccc(C)cc4)c4ccc(-c5ccc6ccccc6c5)cc4)ccc2-3)\C=C/Cc2ccc(/C=C/c3ccc4c(c3)C(C)(C)c3cc(N(c5ccc(C)cc5)c5ccc(-c6ccc7ccccc7c6)cc5)ccc3-4)cc2C1(C)C. The summed E-state index contributed by atoms with van der Waals surface area (Å²) in [6, 6.07) is 102. The Bertz CT molecular complexity index is 5450. The van der Waals surface area contributed by atoms with Crippen LogP contribution in [0.1, 0.15) is 103 Å². The van der Waals surface area contributed by atoms with Crippen LogP contribution < -0.4 is 9.80 Å². The third kappa shape index (κ3) is 11.2. The minimum absolute atomic E-state index is 0.220. The van der Waals surface area contributed by atoms with Crippen molar-refractivity contribution >= 4 is 73.9 Å².